The van der Waals surface area contributed by atoms with Crippen LogP contribution in [0.4, 0.5) is 11.4 Å². The van der Waals surface area contributed by atoms with Gasteiger partial charge in [-0.25, -0.2) is 0 Å². The normalized spacial score (nSPS) is 21.0. The number of non-ortho nitro benzene ring substituents is 1. The molecule has 1 aliphatic rings. The molecule has 5 nitrogen and oxygen atoms in total. The molecule has 0 spiro atoms. The van der Waals surface area contributed by atoms with E-state index in [9.17, 15) is 10.1 Å². The fourth-order valence-corrected chi connectivity index (χ4v) is 2.48. The van der Waals surface area contributed by atoms with Gasteiger partial charge in [-0.2, -0.15) is 0 Å². The molecule has 1 atom stereocenters. The van der Waals surface area contributed by atoms with Crippen LogP contribution in [0.5, 0.6) is 0 Å². The Morgan fingerprint density at radius 2 is 2.00 bits per heavy atom. The van der Waals surface area contributed by atoms with Gasteiger partial charge in [-0.05, 0) is 25.6 Å². The van der Waals surface area contributed by atoms with E-state index in [2.05, 4.69) is 23.6 Å². The van der Waals surface area contributed by atoms with E-state index in [0.29, 0.717) is 6.04 Å². The van der Waals surface area contributed by atoms with Crippen LogP contribution in [0.25, 0.3) is 0 Å². The third-order valence-electron chi connectivity index (χ3n) is 3.60. The Morgan fingerprint density at radius 1 is 1.33 bits per heavy atom. The van der Waals surface area contributed by atoms with E-state index in [4.69, 9.17) is 0 Å². The van der Waals surface area contributed by atoms with Gasteiger partial charge in [-0.1, -0.05) is 6.92 Å². The second kappa shape index (κ2) is 5.35. The van der Waals surface area contributed by atoms with Crippen LogP contribution in [0.1, 0.15) is 13.8 Å². The number of nitro groups is 1. The standard InChI is InChI=1S/C13H19N3O2/c1-3-14-8-9-15(10-11(14)2)12-4-6-13(7-5-12)16(17)18/h4-7,11H,3,8-10H2,1-2H3. The molecule has 0 amide bonds. The van der Waals surface area contributed by atoms with Gasteiger partial charge in [0.1, 0.15) is 0 Å². The molecule has 1 fully saturated rings. The zero-order valence-corrected chi connectivity index (χ0v) is 10.9. The van der Waals surface area contributed by atoms with Crippen LogP contribution in [0, 0.1) is 10.1 Å². The minimum Gasteiger partial charge on any atom is -0.369 e. The molecule has 0 N–H and O–H groups in total. The van der Waals surface area contributed by atoms with Gasteiger partial charge >= 0.3 is 0 Å². The largest absolute Gasteiger partial charge is 0.369 e. The van der Waals surface area contributed by atoms with Crippen molar-refractivity contribution in [2.45, 2.75) is 19.9 Å². The van der Waals surface area contributed by atoms with Crippen molar-refractivity contribution in [2.75, 3.05) is 31.1 Å². The average Bonchev–Trinajstić information content (AvgIpc) is 2.38. The second-order valence-electron chi connectivity index (χ2n) is 4.70. The molecule has 0 aliphatic carbocycles. The minimum absolute atomic E-state index is 0.152. The third kappa shape index (κ3) is 2.61. The molecule has 1 unspecified atom stereocenters. The van der Waals surface area contributed by atoms with Crippen molar-refractivity contribution >= 4 is 11.4 Å². The molecule has 0 aromatic heterocycles. The van der Waals surface area contributed by atoms with E-state index in [1.807, 2.05) is 12.1 Å². The van der Waals surface area contributed by atoms with Crippen molar-refractivity contribution in [1.82, 2.24) is 4.90 Å². The first kappa shape index (κ1) is 12.8. The average molecular weight is 249 g/mol. The number of nitrogens with zero attached hydrogens (tertiary/aromatic N) is 3. The molecular weight excluding hydrogens is 230 g/mol. The first-order valence-corrected chi connectivity index (χ1v) is 6.35. The highest BCUT2D eigenvalue weighted by atomic mass is 16.6. The van der Waals surface area contributed by atoms with Crippen molar-refractivity contribution < 1.29 is 4.92 Å². The Morgan fingerprint density at radius 3 is 2.50 bits per heavy atom. The molecule has 5 heteroatoms. The zero-order chi connectivity index (χ0) is 13.1. The molecule has 0 saturated carbocycles. The highest BCUT2D eigenvalue weighted by Gasteiger charge is 2.22. The zero-order valence-electron chi connectivity index (χ0n) is 10.9. The summed E-state index contributed by atoms with van der Waals surface area (Å²) in [5, 5.41) is 10.6. The highest BCUT2D eigenvalue weighted by molar-refractivity contribution is 5.51. The van der Waals surface area contributed by atoms with Crippen LogP contribution in [0.3, 0.4) is 0 Å². The number of anilines is 1. The van der Waals surface area contributed by atoms with Crippen LogP contribution in [-0.2, 0) is 0 Å². The molecule has 98 valence electrons. The molecule has 1 aliphatic heterocycles. The van der Waals surface area contributed by atoms with Gasteiger partial charge in [0.05, 0.1) is 4.92 Å². The van der Waals surface area contributed by atoms with E-state index in [-0.39, 0.29) is 10.6 Å². The lowest BCUT2D eigenvalue weighted by atomic mass is 10.1. The van der Waals surface area contributed by atoms with Crippen molar-refractivity contribution in [2.24, 2.45) is 0 Å². The number of hydrogen-bond donors (Lipinski definition) is 0. The summed E-state index contributed by atoms with van der Waals surface area (Å²) in [6.45, 7) is 8.49. The number of hydrogen-bond acceptors (Lipinski definition) is 4. The van der Waals surface area contributed by atoms with Gasteiger partial charge < -0.3 is 4.90 Å². The Balaban J connectivity index is 2.06. The first-order valence-electron chi connectivity index (χ1n) is 6.35. The van der Waals surface area contributed by atoms with Gasteiger partial charge in [-0.3, -0.25) is 15.0 Å². The van der Waals surface area contributed by atoms with Crippen molar-refractivity contribution in [1.29, 1.82) is 0 Å². The highest BCUT2D eigenvalue weighted by Crippen LogP contribution is 2.22. The molecule has 1 saturated heterocycles. The second-order valence-corrected chi connectivity index (χ2v) is 4.70. The predicted molar refractivity (Wildman–Crippen MR) is 72.0 cm³/mol. The molecule has 18 heavy (non-hydrogen) atoms. The summed E-state index contributed by atoms with van der Waals surface area (Å²) in [5.74, 6) is 0. The maximum absolute atomic E-state index is 10.6. The summed E-state index contributed by atoms with van der Waals surface area (Å²) in [5.41, 5.74) is 1.22. The van der Waals surface area contributed by atoms with Gasteiger partial charge in [0.15, 0.2) is 0 Å². The van der Waals surface area contributed by atoms with Gasteiger partial charge in [0.25, 0.3) is 5.69 Å². The topological polar surface area (TPSA) is 49.6 Å². The quantitative estimate of drug-likeness (QED) is 0.608. The van der Waals surface area contributed by atoms with E-state index in [1.165, 1.54) is 0 Å². The van der Waals surface area contributed by atoms with Crippen LogP contribution in [-0.4, -0.2) is 42.0 Å². The summed E-state index contributed by atoms with van der Waals surface area (Å²) in [4.78, 5) is 15.0. The lowest BCUT2D eigenvalue weighted by Crippen LogP contribution is -2.51. The lowest BCUT2D eigenvalue weighted by molar-refractivity contribution is -0.384. The minimum atomic E-state index is -0.360. The van der Waals surface area contributed by atoms with Crippen LogP contribution in [0.2, 0.25) is 0 Å². The predicted octanol–water partition coefficient (Wildman–Crippen LogP) is 2.13. The summed E-state index contributed by atoms with van der Waals surface area (Å²) < 4.78 is 0. The van der Waals surface area contributed by atoms with E-state index in [1.54, 1.807) is 12.1 Å². The van der Waals surface area contributed by atoms with E-state index < -0.39 is 0 Å². The lowest BCUT2D eigenvalue weighted by Gasteiger charge is -2.40. The first-order chi connectivity index (χ1) is 8.61. The maximum Gasteiger partial charge on any atom is 0.269 e. The molecule has 0 radical (unpaired) electrons. The monoisotopic (exact) mass is 249 g/mol. The van der Waals surface area contributed by atoms with Gasteiger partial charge in [0, 0.05) is 43.5 Å². The van der Waals surface area contributed by atoms with Crippen molar-refractivity contribution in [3.63, 3.8) is 0 Å². The Bertz CT molecular complexity index is 419. The number of likely N-dealkylation sites (N-methyl/N-ethyl adjacent to an activating group) is 1. The number of benzene rings is 1. The molecule has 2 rings (SSSR count). The summed E-state index contributed by atoms with van der Waals surface area (Å²) in [6.07, 6.45) is 0. The van der Waals surface area contributed by atoms with E-state index >= 15 is 0 Å². The van der Waals surface area contributed by atoms with Gasteiger partial charge in [-0.15, -0.1) is 0 Å². The summed E-state index contributed by atoms with van der Waals surface area (Å²) in [7, 11) is 0. The molecule has 1 heterocycles. The summed E-state index contributed by atoms with van der Waals surface area (Å²) in [6, 6.07) is 7.36. The van der Waals surface area contributed by atoms with Crippen LogP contribution in [0.15, 0.2) is 24.3 Å². The number of nitro benzene ring substituents is 1. The molecule has 0 bridgehead atoms. The Kier molecular flexibility index (Phi) is 3.81. The van der Waals surface area contributed by atoms with Gasteiger partial charge in [0.2, 0.25) is 0 Å². The fourth-order valence-electron chi connectivity index (χ4n) is 2.48. The van der Waals surface area contributed by atoms with E-state index in [0.717, 1.165) is 31.9 Å². The smallest absolute Gasteiger partial charge is 0.269 e. The number of piperazine rings is 1. The molecule has 1 aromatic carbocycles. The summed E-state index contributed by atoms with van der Waals surface area (Å²) >= 11 is 0. The SMILES string of the molecule is CCN1CCN(c2ccc([N+](=O)[O-])cc2)CC1C. The van der Waals surface area contributed by atoms with Crippen LogP contribution < -0.4 is 4.90 Å². The Labute approximate surface area is 107 Å². The molecular formula is C13H19N3O2. The van der Waals surface area contributed by atoms with Crippen molar-refractivity contribution in [3.8, 4) is 0 Å². The Hall–Kier alpha value is -1.62. The van der Waals surface area contributed by atoms with Crippen molar-refractivity contribution in [3.05, 3.63) is 34.4 Å². The third-order valence-corrected chi connectivity index (χ3v) is 3.60. The number of rotatable bonds is 3. The molecule has 1 aromatic rings. The van der Waals surface area contributed by atoms with Crippen LogP contribution >= 0.6 is 0 Å². The fraction of sp³-hybridized carbons (Fsp3) is 0.538. The maximum atomic E-state index is 10.6.